The molecule has 0 bridgehead atoms. The van der Waals surface area contributed by atoms with Crippen LogP contribution in [0.3, 0.4) is 0 Å². The van der Waals surface area contributed by atoms with E-state index < -0.39 is 0 Å². The van der Waals surface area contributed by atoms with Gasteiger partial charge in [0.05, 0.1) is 4.88 Å². The predicted octanol–water partition coefficient (Wildman–Crippen LogP) is 3.79. The van der Waals surface area contributed by atoms with Crippen molar-refractivity contribution in [1.29, 1.82) is 0 Å². The number of carbonyl (C=O) groups is 1. The van der Waals surface area contributed by atoms with E-state index in [1.165, 1.54) is 4.88 Å². The largest absolute Gasteiger partial charge is 0.293 e. The molecule has 0 saturated heterocycles. The van der Waals surface area contributed by atoms with Crippen LogP contribution in [0.4, 0.5) is 0 Å². The van der Waals surface area contributed by atoms with Crippen molar-refractivity contribution in [3.63, 3.8) is 0 Å². The number of aryl methyl sites for hydroxylation is 2. The van der Waals surface area contributed by atoms with Gasteiger partial charge in [0, 0.05) is 11.3 Å². The number of Topliss-reactive ketones (excluding diaryl/α,β-unsaturated/α-hetero) is 1. The van der Waals surface area contributed by atoms with E-state index in [0.717, 1.165) is 16.0 Å². The molecule has 0 saturated carbocycles. The molecule has 1 aromatic carbocycles. The fraction of sp³-hybridized carbons (Fsp3) is 0.214. The second-order valence-corrected chi connectivity index (χ2v) is 5.21. The fourth-order valence-corrected chi connectivity index (χ4v) is 2.74. The number of hydrogen-bond donors (Lipinski definition) is 0. The van der Waals surface area contributed by atoms with Crippen molar-refractivity contribution in [3.05, 3.63) is 57.3 Å². The van der Waals surface area contributed by atoms with Crippen LogP contribution in [-0.4, -0.2) is 5.78 Å². The van der Waals surface area contributed by atoms with Crippen molar-refractivity contribution >= 4 is 17.1 Å². The molecule has 0 amide bonds. The zero-order valence-electron chi connectivity index (χ0n) is 9.49. The Kier molecular flexibility index (Phi) is 3.20. The van der Waals surface area contributed by atoms with E-state index in [1.807, 2.05) is 44.2 Å². The van der Waals surface area contributed by atoms with Gasteiger partial charge in [-0.3, -0.25) is 4.79 Å². The summed E-state index contributed by atoms with van der Waals surface area (Å²) in [6.07, 6.45) is 0.502. The lowest BCUT2D eigenvalue weighted by Crippen LogP contribution is -2.02. The van der Waals surface area contributed by atoms with Gasteiger partial charge in [0.2, 0.25) is 0 Å². The monoisotopic (exact) mass is 230 g/mol. The molecule has 0 unspecified atom stereocenters. The maximum atomic E-state index is 12.1. The summed E-state index contributed by atoms with van der Waals surface area (Å²) in [5.41, 5.74) is 2.18. The van der Waals surface area contributed by atoms with E-state index in [-0.39, 0.29) is 5.78 Å². The van der Waals surface area contributed by atoms with E-state index >= 15 is 0 Å². The molecule has 0 N–H and O–H groups in total. The van der Waals surface area contributed by atoms with E-state index in [4.69, 9.17) is 0 Å². The molecule has 1 aromatic heterocycles. The zero-order chi connectivity index (χ0) is 11.5. The molecule has 0 aliphatic heterocycles. The Morgan fingerprint density at radius 2 is 1.88 bits per heavy atom. The second-order valence-electron chi connectivity index (χ2n) is 3.95. The van der Waals surface area contributed by atoms with E-state index in [2.05, 4.69) is 6.07 Å². The maximum Gasteiger partial charge on any atom is 0.177 e. The molecule has 0 aliphatic carbocycles. The van der Waals surface area contributed by atoms with Crippen LogP contribution in [0.1, 0.15) is 25.7 Å². The summed E-state index contributed by atoms with van der Waals surface area (Å²) < 4.78 is 0. The Morgan fingerprint density at radius 3 is 2.44 bits per heavy atom. The van der Waals surface area contributed by atoms with Crippen LogP contribution in [0.15, 0.2) is 36.4 Å². The van der Waals surface area contributed by atoms with Gasteiger partial charge in [-0.05, 0) is 31.0 Å². The third kappa shape index (κ3) is 2.39. The molecule has 1 heterocycles. The van der Waals surface area contributed by atoms with Crippen LogP contribution in [0.5, 0.6) is 0 Å². The molecule has 2 rings (SSSR count). The van der Waals surface area contributed by atoms with Gasteiger partial charge in [-0.2, -0.15) is 0 Å². The summed E-state index contributed by atoms with van der Waals surface area (Å²) in [4.78, 5) is 14.2. The average molecular weight is 230 g/mol. The van der Waals surface area contributed by atoms with Crippen molar-refractivity contribution in [3.8, 4) is 0 Å². The summed E-state index contributed by atoms with van der Waals surface area (Å²) in [5.74, 6) is 0.224. The molecule has 2 heteroatoms. The quantitative estimate of drug-likeness (QED) is 0.733. The minimum Gasteiger partial charge on any atom is -0.293 e. The van der Waals surface area contributed by atoms with Gasteiger partial charge in [0.15, 0.2) is 5.78 Å². The molecule has 0 atom stereocenters. The first-order valence-electron chi connectivity index (χ1n) is 5.31. The van der Waals surface area contributed by atoms with Gasteiger partial charge in [-0.15, -0.1) is 11.3 Å². The smallest absolute Gasteiger partial charge is 0.177 e. The van der Waals surface area contributed by atoms with Gasteiger partial charge in [-0.1, -0.05) is 30.3 Å². The Morgan fingerprint density at radius 1 is 1.19 bits per heavy atom. The number of carbonyl (C=O) groups excluding carboxylic acids is 1. The average Bonchev–Trinajstić information content (AvgIpc) is 2.59. The van der Waals surface area contributed by atoms with Gasteiger partial charge in [-0.25, -0.2) is 0 Å². The molecule has 0 radical (unpaired) electrons. The van der Waals surface area contributed by atoms with Crippen molar-refractivity contribution in [2.45, 2.75) is 20.3 Å². The number of rotatable bonds is 3. The van der Waals surface area contributed by atoms with Crippen LogP contribution in [-0.2, 0) is 6.42 Å². The Hall–Kier alpha value is -1.41. The van der Waals surface area contributed by atoms with Crippen LogP contribution in [0.25, 0.3) is 0 Å². The summed E-state index contributed by atoms with van der Waals surface area (Å²) in [6, 6.07) is 12.0. The molecular formula is C14H14OS. The highest BCUT2D eigenvalue weighted by molar-refractivity contribution is 7.14. The summed E-state index contributed by atoms with van der Waals surface area (Å²) in [5, 5.41) is 0. The first kappa shape index (κ1) is 11.1. The fourth-order valence-electron chi connectivity index (χ4n) is 1.78. The normalized spacial score (nSPS) is 10.4. The molecule has 82 valence electrons. The molecule has 1 nitrogen and oxygen atoms in total. The summed E-state index contributed by atoms with van der Waals surface area (Å²) in [7, 11) is 0. The Labute approximate surface area is 99.8 Å². The first-order valence-corrected chi connectivity index (χ1v) is 6.12. The van der Waals surface area contributed by atoms with Crippen molar-refractivity contribution < 1.29 is 4.79 Å². The van der Waals surface area contributed by atoms with E-state index in [1.54, 1.807) is 11.3 Å². The number of thiophene rings is 1. The van der Waals surface area contributed by atoms with Crippen molar-refractivity contribution in [1.82, 2.24) is 0 Å². The van der Waals surface area contributed by atoms with Crippen LogP contribution in [0, 0.1) is 13.8 Å². The molecule has 0 fully saturated rings. The minimum absolute atomic E-state index is 0.224. The summed E-state index contributed by atoms with van der Waals surface area (Å²) >= 11 is 1.59. The minimum atomic E-state index is 0.224. The number of ketones is 1. The highest BCUT2D eigenvalue weighted by Gasteiger charge is 2.12. The first-order chi connectivity index (χ1) is 7.66. The molecular weight excluding hydrogens is 216 g/mol. The van der Waals surface area contributed by atoms with Gasteiger partial charge in [0.25, 0.3) is 0 Å². The van der Waals surface area contributed by atoms with Crippen molar-refractivity contribution in [2.75, 3.05) is 0 Å². The Bertz CT molecular complexity index is 497. The molecule has 2 aromatic rings. The lowest BCUT2D eigenvalue weighted by atomic mass is 10.1. The molecule has 16 heavy (non-hydrogen) atoms. The summed E-state index contributed by atoms with van der Waals surface area (Å²) in [6.45, 7) is 4.04. The van der Waals surface area contributed by atoms with E-state index in [0.29, 0.717) is 6.42 Å². The third-order valence-corrected chi connectivity index (χ3v) is 3.70. The van der Waals surface area contributed by atoms with Crippen LogP contribution >= 0.6 is 11.3 Å². The standard InChI is InChI=1S/C14H14OS/c1-10-8-11(2)16-14(10)13(15)9-12-6-4-3-5-7-12/h3-8H,9H2,1-2H3. The van der Waals surface area contributed by atoms with Crippen LogP contribution < -0.4 is 0 Å². The highest BCUT2D eigenvalue weighted by Crippen LogP contribution is 2.22. The van der Waals surface area contributed by atoms with Crippen LogP contribution in [0.2, 0.25) is 0 Å². The second kappa shape index (κ2) is 4.62. The SMILES string of the molecule is Cc1cc(C)c(C(=O)Cc2ccccc2)s1. The maximum absolute atomic E-state index is 12.1. The van der Waals surface area contributed by atoms with Crippen molar-refractivity contribution in [2.24, 2.45) is 0 Å². The predicted molar refractivity (Wildman–Crippen MR) is 68.3 cm³/mol. The topological polar surface area (TPSA) is 17.1 Å². The number of benzene rings is 1. The molecule has 0 aliphatic rings. The molecule has 0 spiro atoms. The highest BCUT2D eigenvalue weighted by atomic mass is 32.1. The van der Waals surface area contributed by atoms with Gasteiger partial charge < -0.3 is 0 Å². The lowest BCUT2D eigenvalue weighted by molar-refractivity contribution is 0.0996. The van der Waals surface area contributed by atoms with Gasteiger partial charge >= 0.3 is 0 Å². The van der Waals surface area contributed by atoms with E-state index in [9.17, 15) is 4.79 Å². The third-order valence-electron chi connectivity index (χ3n) is 2.50. The Balaban J connectivity index is 2.18. The zero-order valence-corrected chi connectivity index (χ0v) is 10.3. The lowest BCUT2D eigenvalue weighted by Gasteiger charge is -1.99. The van der Waals surface area contributed by atoms with Gasteiger partial charge in [0.1, 0.15) is 0 Å². The number of hydrogen-bond acceptors (Lipinski definition) is 2.